The third kappa shape index (κ3) is 3.55. The summed E-state index contributed by atoms with van der Waals surface area (Å²) < 4.78 is 26.3. The molecule has 1 aromatic rings. The Morgan fingerprint density at radius 3 is 2.95 bits per heavy atom. The molecule has 0 aliphatic carbocycles. The van der Waals surface area contributed by atoms with E-state index in [0.717, 1.165) is 12.8 Å². The van der Waals surface area contributed by atoms with E-state index in [1.54, 1.807) is 6.07 Å². The highest BCUT2D eigenvalue weighted by Crippen LogP contribution is 2.25. The molecule has 1 aromatic heterocycles. The fraction of sp³-hybridized carbons (Fsp3) is 0.538. The van der Waals surface area contributed by atoms with Crippen LogP contribution in [-0.2, 0) is 14.8 Å². The summed E-state index contributed by atoms with van der Waals surface area (Å²) in [7, 11) is -3.51. The van der Waals surface area contributed by atoms with E-state index in [1.165, 1.54) is 22.8 Å². The summed E-state index contributed by atoms with van der Waals surface area (Å²) in [6.45, 7) is 0.880. The van der Waals surface area contributed by atoms with Gasteiger partial charge in [0.15, 0.2) is 0 Å². The van der Waals surface area contributed by atoms with E-state index in [9.17, 15) is 13.2 Å². The van der Waals surface area contributed by atoms with Crippen molar-refractivity contribution in [3.63, 3.8) is 0 Å². The Balaban J connectivity index is 2.07. The van der Waals surface area contributed by atoms with E-state index in [1.807, 2.05) is 0 Å². The normalized spacial score (nSPS) is 20.7. The Morgan fingerprint density at radius 2 is 2.30 bits per heavy atom. The Hall–Kier alpha value is -1.47. The standard InChI is InChI=1S/C13H18N2O4S/c16-13(17)6-5-11-3-2-8-15(10-11)20(18,19)12-4-1-7-14-9-12/h1,4,7,9,11H,2-3,5-6,8,10H2,(H,16,17). The molecule has 0 spiro atoms. The van der Waals surface area contributed by atoms with Crippen LogP contribution in [0.1, 0.15) is 25.7 Å². The van der Waals surface area contributed by atoms with Gasteiger partial charge in [-0.2, -0.15) is 4.31 Å². The predicted octanol–water partition coefficient (Wildman–Crippen LogP) is 1.35. The van der Waals surface area contributed by atoms with Crippen molar-refractivity contribution in [3.05, 3.63) is 24.5 Å². The first kappa shape index (κ1) is 14.9. The Labute approximate surface area is 118 Å². The lowest BCUT2D eigenvalue weighted by Gasteiger charge is -2.31. The van der Waals surface area contributed by atoms with Crippen LogP contribution in [0, 0.1) is 5.92 Å². The predicted molar refractivity (Wildman–Crippen MR) is 72.6 cm³/mol. The zero-order valence-electron chi connectivity index (χ0n) is 11.1. The molecule has 20 heavy (non-hydrogen) atoms. The molecule has 1 fully saturated rings. The van der Waals surface area contributed by atoms with Gasteiger partial charge < -0.3 is 5.11 Å². The van der Waals surface area contributed by atoms with E-state index in [2.05, 4.69) is 4.98 Å². The quantitative estimate of drug-likeness (QED) is 0.886. The number of aliphatic carboxylic acids is 1. The minimum Gasteiger partial charge on any atom is -0.481 e. The minimum atomic E-state index is -3.51. The number of hydrogen-bond acceptors (Lipinski definition) is 4. The van der Waals surface area contributed by atoms with Crippen LogP contribution in [0.3, 0.4) is 0 Å². The van der Waals surface area contributed by atoms with Gasteiger partial charge in [0, 0.05) is 31.9 Å². The van der Waals surface area contributed by atoms with Crippen molar-refractivity contribution in [1.82, 2.24) is 9.29 Å². The lowest BCUT2D eigenvalue weighted by molar-refractivity contribution is -0.137. The van der Waals surface area contributed by atoms with Crippen molar-refractivity contribution in [2.24, 2.45) is 5.92 Å². The van der Waals surface area contributed by atoms with E-state index < -0.39 is 16.0 Å². The molecule has 1 unspecified atom stereocenters. The van der Waals surface area contributed by atoms with Gasteiger partial charge in [-0.25, -0.2) is 8.42 Å². The highest BCUT2D eigenvalue weighted by Gasteiger charge is 2.30. The van der Waals surface area contributed by atoms with E-state index in [4.69, 9.17) is 5.11 Å². The summed E-state index contributed by atoms with van der Waals surface area (Å²) in [5, 5.41) is 8.71. The number of piperidine rings is 1. The average Bonchev–Trinajstić information content (AvgIpc) is 2.46. The van der Waals surface area contributed by atoms with Crippen LogP contribution in [0.4, 0.5) is 0 Å². The first-order valence-electron chi connectivity index (χ1n) is 6.62. The molecule has 7 heteroatoms. The number of carbonyl (C=O) groups is 1. The molecular formula is C13H18N2O4S. The van der Waals surface area contributed by atoms with Crippen LogP contribution in [-0.4, -0.2) is 41.9 Å². The molecule has 1 saturated heterocycles. The Morgan fingerprint density at radius 1 is 1.50 bits per heavy atom. The van der Waals surface area contributed by atoms with Crippen molar-refractivity contribution in [2.75, 3.05) is 13.1 Å². The van der Waals surface area contributed by atoms with Gasteiger partial charge in [0.1, 0.15) is 4.90 Å². The van der Waals surface area contributed by atoms with Crippen molar-refractivity contribution in [3.8, 4) is 0 Å². The van der Waals surface area contributed by atoms with Crippen LogP contribution in [0.2, 0.25) is 0 Å². The second-order valence-corrected chi connectivity index (χ2v) is 6.93. The topological polar surface area (TPSA) is 87.6 Å². The molecule has 2 heterocycles. The summed E-state index contributed by atoms with van der Waals surface area (Å²) in [6.07, 6.45) is 5.14. The van der Waals surface area contributed by atoms with Crippen molar-refractivity contribution in [2.45, 2.75) is 30.6 Å². The summed E-state index contributed by atoms with van der Waals surface area (Å²) in [5.41, 5.74) is 0. The zero-order chi connectivity index (χ0) is 14.6. The molecule has 0 radical (unpaired) electrons. The van der Waals surface area contributed by atoms with Crippen molar-refractivity contribution >= 4 is 16.0 Å². The van der Waals surface area contributed by atoms with Gasteiger partial charge in [-0.1, -0.05) is 0 Å². The Bertz CT molecular complexity index is 559. The first-order chi connectivity index (χ1) is 9.50. The second-order valence-electron chi connectivity index (χ2n) is 4.99. The summed E-state index contributed by atoms with van der Waals surface area (Å²) in [5.74, 6) is -0.719. The van der Waals surface area contributed by atoms with Crippen LogP contribution in [0.25, 0.3) is 0 Å². The van der Waals surface area contributed by atoms with Gasteiger partial charge >= 0.3 is 5.97 Å². The largest absolute Gasteiger partial charge is 0.481 e. The van der Waals surface area contributed by atoms with Crippen LogP contribution in [0.5, 0.6) is 0 Å². The molecule has 0 saturated carbocycles. The number of nitrogens with zero attached hydrogens (tertiary/aromatic N) is 2. The van der Waals surface area contributed by atoms with Gasteiger partial charge in [0.25, 0.3) is 0 Å². The molecule has 0 amide bonds. The fourth-order valence-electron chi connectivity index (χ4n) is 2.46. The van der Waals surface area contributed by atoms with E-state index in [-0.39, 0.29) is 17.2 Å². The summed E-state index contributed by atoms with van der Waals surface area (Å²) >= 11 is 0. The molecule has 1 N–H and O–H groups in total. The van der Waals surface area contributed by atoms with Gasteiger partial charge in [-0.3, -0.25) is 9.78 Å². The monoisotopic (exact) mass is 298 g/mol. The van der Waals surface area contributed by atoms with E-state index in [0.29, 0.717) is 19.5 Å². The summed E-state index contributed by atoms with van der Waals surface area (Å²) in [4.78, 5) is 14.6. The average molecular weight is 298 g/mol. The highest BCUT2D eigenvalue weighted by molar-refractivity contribution is 7.89. The lowest BCUT2D eigenvalue weighted by atomic mass is 9.95. The number of hydrogen-bond donors (Lipinski definition) is 1. The number of rotatable bonds is 5. The molecule has 1 atom stereocenters. The molecule has 6 nitrogen and oxygen atoms in total. The maximum atomic E-state index is 12.4. The number of aromatic nitrogens is 1. The van der Waals surface area contributed by atoms with Crippen LogP contribution >= 0.6 is 0 Å². The third-order valence-electron chi connectivity index (χ3n) is 3.52. The maximum absolute atomic E-state index is 12.4. The lowest BCUT2D eigenvalue weighted by Crippen LogP contribution is -2.40. The molecule has 1 aliphatic heterocycles. The fourth-order valence-corrected chi connectivity index (χ4v) is 3.98. The zero-order valence-corrected chi connectivity index (χ0v) is 11.9. The number of carboxylic acids is 1. The van der Waals surface area contributed by atoms with Crippen LogP contribution in [0.15, 0.2) is 29.4 Å². The van der Waals surface area contributed by atoms with Gasteiger partial charge in [-0.05, 0) is 37.3 Å². The number of carboxylic acid groups (broad SMARTS) is 1. The SMILES string of the molecule is O=C(O)CCC1CCCN(S(=O)(=O)c2cccnc2)C1. The highest BCUT2D eigenvalue weighted by atomic mass is 32.2. The summed E-state index contributed by atoms with van der Waals surface area (Å²) in [6, 6.07) is 3.13. The smallest absolute Gasteiger partial charge is 0.303 e. The van der Waals surface area contributed by atoms with Gasteiger partial charge in [0.05, 0.1) is 0 Å². The number of sulfonamides is 1. The van der Waals surface area contributed by atoms with Gasteiger partial charge in [-0.15, -0.1) is 0 Å². The number of pyridine rings is 1. The van der Waals surface area contributed by atoms with E-state index >= 15 is 0 Å². The van der Waals surface area contributed by atoms with Crippen molar-refractivity contribution < 1.29 is 18.3 Å². The molecule has 2 rings (SSSR count). The molecule has 0 bridgehead atoms. The second kappa shape index (κ2) is 6.32. The molecule has 0 aromatic carbocycles. The molecular weight excluding hydrogens is 280 g/mol. The van der Waals surface area contributed by atoms with Crippen molar-refractivity contribution in [1.29, 1.82) is 0 Å². The minimum absolute atomic E-state index is 0.0887. The van der Waals surface area contributed by atoms with Crippen LogP contribution < -0.4 is 0 Å². The first-order valence-corrected chi connectivity index (χ1v) is 8.06. The molecule has 1 aliphatic rings. The van der Waals surface area contributed by atoms with Gasteiger partial charge in [0.2, 0.25) is 10.0 Å². The molecule has 110 valence electrons. The third-order valence-corrected chi connectivity index (χ3v) is 5.37. The maximum Gasteiger partial charge on any atom is 0.303 e. The Kier molecular flexibility index (Phi) is 4.72.